The molecule has 1 aromatic heterocycles. The van der Waals surface area contributed by atoms with Gasteiger partial charge in [0.2, 0.25) is 0 Å². The highest BCUT2D eigenvalue weighted by Crippen LogP contribution is 2.33. The Morgan fingerprint density at radius 2 is 1.95 bits per heavy atom. The first-order chi connectivity index (χ1) is 9.75. The minimum absolute atomic E-state index is 0.127. The smallest absolute Gasteiger partial charge is 0.131 e. The molecule has 0 saturated carbocycles. The summed E-state index contributed by atoms with van der Waals surface area (Å²) < 4.78 is 27.3. The van der Waals surface area contributed by atoms with Gasteiger partial charge < -0.3 is 5.32 Å². The molecule has 0 amide bonds. The predicted octanol–water partition coefficient (Wildman–Crippen LogP) is 3.02. The molecule has 20 heavy (non-hydrogen) atoms. The zero-order chi connectivity index (χ0) is 13.9. The molecule has 5 heteroatoms. The molecule has 1 fully saturated rings. The van der Waals surface area contributed by atoms with Gasteiger partial charge in [0.1, 0.15) is 11.6 Å². The number of hydrogen-bond donors (Lipinski definition) is 1. The van der Waals surface area contributed by atoms with Crippen molar-refractivity contribution >= 4 is 11.3 Å². The Bertz CT molecular complexity index is 565. The van der Waals surface area contributed by atoms with Crippen LogP contribution in [-0.4, -0.2) is 31.1 Å². The molecule has 1 aliphatic heterocycles. The fourth-order valence-electron chi connectivity index (χ4n) is 2.64. The number of thiophene rings is 1. The number of hydrogen-bond acceptors (Lipinski definition) is 3. The van der Waals surface area contributed by atoms with Crippen molar-refractivity contribution in [2.45, 2.75) is 6.04 Å². The van der Waals surface area contributed by atoms with E-state index in [0.717, 1.165) is 37.1 Å². The van der Waals surface area contributed by atoms with Crippen molar-refractivity contribution < 1.29 is 8.78 Å². The third-order valence-electron chi connectivity index (χ3n) is 3.59. The van der Waals surface area contributed by atoms with Gasteiger partial charge in [0, 0.05) is 42.7 Å². The van der Waals surface area contributed by atoms with Gasteiger partial charge in [0.05, 0.1) is 6.04 Å². The van der Waals surface area contributed by atoms with Gasteiger partial charge in [-0.3, -0.25) is 4.90 Å². The Morgan fingerprint density at radius 3 is 2.60 bits per heavy atom. The van der Waals surface area contributed by atoms with E-state index in [9.17, 15) is 8.78 Å². The van der Waals surface area contributed by atoms with Crippen molar-refractivity contribution in [2.24, 2.45) is 0 Å². The second-order valence-corrected chi connectivity index (χ2v) is 5.85. The minimum Gasteiger partial charge on any atom is -0.314 e. The lowest BCUT2D eigenvalue weighted by Gasteiger charge is -2.34. The first kappa shape index (κ1) is 13.7. The SMILES string of the molecule is Fc1ccc(C(c2cccs2)N2CCNCC2)c(F)c1. The quantitative estimate of drug-likeness (QED) is 0.936. The van der Waals surface area contributed by atoms with Crippen LogP contribution in [0, 0.1) is 11.6 Å². The lowest BCUT2D eigenvalue weighted by molar-refractivity contribution is 0.197. The van der Waals surface area contributed by atoms with Crippen LogP contribution in [0.25, 0.3) is 0 Å². The first-order valence-corrected chi connectivity index (χ1v) is 7.57. The number of nitrogens with one attached hydrogen (secondary N) is 1. The van der Waals surface area contributed by atoms with Crippen LogP contribution in [0.5, 0.6) is 0 Å². The molecular weight excluding hydrogens is 278 g/mol. The summed E-state index contributed by atoms with van der Waals surface area (Å²) in [6.07, 6.45) is 0. The van der Waals surface area contributed by atoms with Gasteiger partial charge in [-0.05, 0) is 17.5 Å². The van der Waals surface area contributed by atoms with E-state index in [1.807, 2.05) is 17.5 Å². The average Bonchev–Trinajstić information content (AvgIpc) is 2.97. The number of halogens is 2. The maximum atomic E-state index is 14.2. The summed E-state index contributed by atoms with van der Waals surface area (Å²) in [5.74, 6) is -1.00. The Balaban J connectivity index is 2.00. The minimum atomic E-state index is -0.531. The monoisotopic (exact) mass is 294 g/mol. The fraction of sp³-hybridized carbons (Fsp3) is 0.333. The van der Waals surface area contributed by atoms with Crippen molar-refractivity contribution in [3.63, 3.8) is 0 Å². The third-order valence-corrected chi connectivity index (χ3v) is 4.51. The molecule has 2 aromatic rings. The summed E-state index contributed by atoms with van der Waals surface area (Å²) in [4.78, 5) is 3.34. The van der Waals surface area contributed by atoms with Gasteiger partial charge in [-0.1, -0.05) is 12.1 Å². The molecule has 0 aliphatic carbocycles. The molecule has 0 spiro atoms. The molecule has 2 heterocycles. The van der Waals surface area contributed by atoms with E-state index in [2.05, 4.69) is 10.2 Å². The summed E-state index contributed by atoms with van der Waals surface area (Å²) in [5.41, 5.74) is 0.552. The van der Waals surface area contributed by atoms with Crippen LogP contribution in [-0.2, 0) is 0 Å². The van der Waals surface area contributed by atoms with Crippen molar-refractivity contribution in [1.29, 1.82) is 0 Å². The summed E-state index contributed by atoms with van der Waals surface area (Å²) >= 11 is 1.61. The Labute approximate surface area is 121 Å². The lowest BCUT2D eigenvalue weighted by atomic mass is 10.0. The molecule has 1 saturated heterocycles. The van der Waals surface area contributed by atoms with Crippen LogP contribution in [0.3, 0.4) is 0 Å². The predicted molar refractivity (Wildman–Crippen MR) is 77.0 cm³/mol. The molecule has 1 N–H and O–H groups in total. The maximum Gasteiger partial charge on any atom is 0.131 e. The van der Waals surface area contributed by atoms with Gasteiger partial charge in [0.25, 0.3) is 0 Å². The Hall–Kier alpha value is -1.30. The van der Waals surface area contributed by atoms with Gasteiger partial charge >= 0.3 is 0 Å². The van der Waals surface area contributed by atoms with Crippen molar-refractivity contribution in [1.82, 2.24) is 10.2 Å². The number of benzene rings is 1. The second kappa shape index (κ2) is 5.99. The van der Waals surface area contributed by atoms with Crippen LogP contribution in [0.4, 0.5) is 8.78 Å². The third kappa shape index (κ3) is 2.75. The van der Waals surface area contributed by atoms with Crippen molar-refractivity contribution in [3.8, 4) is 0 Å². The highest BCUT2D eigenvalue weighted by molar-refractivity contribution is 7.10. The van der Waals surface area contributed by atoms with E-state index in [0.29, 0.717) is 5.56 Å². The molecule has 2 nitrogen and oxygen atoms in total. The lowest BCUT2D eigenvalue weighted by Crippen LogP contribution is -2.45. The molecule has 106 valence electrons. The zero-order valence-corrected chi connectivity index (χ0v) is 11.8. The molecule has 1 aromatic carbocycles. The topological polar surface area (TPSA) is 15.3 Å². The summed E-state index contributed by atoms with van der Waals surface area (Å²) in [6, 6.07) is 7.73. The Kier molecular flexibility index (Phi) is 4.10. The van der Waals surface area contributed by atoms with Crippen LogP contribution >= 0.6 is 11.3 Å². The van der Waals surface area contributed by atoms with E-state index in [-0.39, 0.29) is 6.04 Å². The second-order valence-electron chi connectivity index (χ2n) is 4.87. The Morgan fingerprint density at radius 1 is 1.15 bits per heavy atom. The molecule has 3 rings (SSSR count). The van der Waals surface area contributed by atoms with E-state index >= 15 is 0 Å². The average molecular weight is 294 g/mol. The highest BCUT2D eigenvalue weighted by Gasteiger charge is 2.27. The largest absolute Gasteiger partial charge is 0.314 e. The van der Waals surface area contributed by atoms with Crippen LogP contribution in [0.2, 0.25) is 0 Å². The molecule has 0 radical (unpaired) electrons. The molecular formula is C15H16F2N2S. The van der Waals surface area contributed by atoms with Gasteiger partial charge in [-0.2, -0.15) is 0 Å². The molecule has 1 unspecified atom stereocenters. The maximum absolute atomic E-state index is 14.2. The fourth-order valence-corrected chi connectivity index (χ4v) is 3.52. The highest BCUT2D eigenvalue weighted by atomic mass is 32.1. The number of rotatable bonds is 3. The van der Waals surface area contributed by atoms with Crippen LogP contribution in [0.1, 0.15) is 16.5 Å². The summed E-state index contributed by atoms with van der Waals surface area (Å²) in [7, 11) is 0. The number of piperazine rings is 1. The van der Waals surface area contributed by atoms with Crippen LogP contribution < -0.4 is 5.32 Å². The molecule has 1 atom stereocenters. The first-order valence-electron chi connectivity index (χ1n) is 6.69. The molecule has 0 bridgehead atoms. The number of nitrogens with zero attached hydrogens (tertiary/aromatic N) is 1. The van der Waals surface area contributed by atoms with Gasteiger partial charge in [-0.15, -0.1) is 11.3 Å². The van der Waals surface area contributed by atoms with Gasteiger partial charge in [-0.25, -0.2) is 8.78 Å². The zero-order valence-electron chi connectivity index (χ0n) is 11.0. The van der Waals surface area contributed by atoms with E-state index in [1.54, 1.807) is 17.4 Å². The van der Waals surface area contributed by atoms with E-state index < -0.39 is 11.6 Å². The van der Waals surface area contributed by atoms with E-state index in [1.165, 1.54) is 6.07 Å². The van der Waals surface area contributed by atoms with Crippen molar-refractivity contribution in [2.75, 3.05) is 26.2 Å². The molecule has 1 aliphatic rings. The summed E-state index contributed by atoms with van der Waals surface area (Å²) in [5, 5.41) is 5.29. The van der Waals surface area contributed by atoms with Crippen molar-refractivity contribution in [3.05, 3.63) is 57.8 Å². The normalized spacial score (nSPS) is 18.1. The van der Waals surface area contributed by atoms with Crippen LogP contribution in [0.15, 0.2) is 35.7 Å². The summed E-state index contributed by atoms with van der Waals surface area (Å²) in [6.45, 7) is 3.51. The van der Waals surface area contributed by atoms with E-state index in [4.69, 9.17) is 0 Å². The standard InChI is InChI=1S/C15H16F2N2S/c16-11-3-4-12(13(17)10-11)15(14-2-1-9-20-14)19-7-5-18-6-8-19/h1-4,9-10,15,18H,5-8H2. The van der Waals surface area contributed by atoms with Gasteiger partial charge in [0.15, 0.2) is 0 Å².